The third-order valence-electron chi connectivity index (χ3n) is 4.83. The molecule has 3 rings (SSSR count). The number of carbonyl (C=O) groups is 1. The monoisotopic (exact) mass is 353 g/mol. The number of methoxy groups -OCH3 is 1. The second-order valence-corrected chi connectivity index (χ2v) is 6.72. The molecule has 0 bridgehead atoms. The van der Waals surface area contributed by atoms with Crippen LogP contribution >= 0.6 is 0 Å². The van der Waals surface area contributed by atoms with Gasteiger partial charge in [-0.15, -0.1) is 0 Å². The van der Waals surface area contributed by atoms with Crippen molar-refractivity contribution in [3.05, 3.63) is 59.9 Å². The lowest BCUT2D eigenvalue weighted by Gasteiger charge is -2.22. The van der Waals surface area contributed by atoms with Gasteiger partial charge in [0.25, 0.3) is 0 Å². The number of hydrogen-bond donors (Lipinski definition) is 0. The van der Waals surface area contributed by atoms with Gasteiger partial charge in [-0.2, -0.15) is 0 Å². The molecule has 1 aromatic heterocycles. The number of rotatable bonds is 6. The summed E-state index contributed by atoms with van der Waals surface area (Å²) in [5.41, 5.74) is 2.37. The van der Waals surface area contributed by atoms with Gasteiger partial charge in [0.2, 0.25) is 5.91 Å². The lowest BCUT2D eigenvalue weighted by molar-refractivity contribution is -0.131. The molecule has 0 atom stereocenters. The Morgan fingerprint density at radius 1 is 1.12 bits per heavy atom. The summed E-state index contributed by atoms with van der Waals surface area (Å²) in [7, 11) is 1.67. The van der Waals surface area contributed by atoms with Gasteiger partial charge in [-0.3, -0.25) is 14.7 Å². The Labute approximate surface area is 155 Å². The topological polar surface area (TPSA) is 45.7 Å². The van der Waals surface area contributed by atoms with Gasteiger partial charge in [-0.1, -0.05) is 18.2 Å². The van der Waals surface area contributed by atoms with Crippen LogP contribution in [0.3, 0.4) is 0 Å². The highest BCUT2D eigenvalue weighted by Crippen LogP contribution is 2.15. The van der Waals surface area contributed by atoms with Gasteiger partial charge in [-0.25, -0.2) is 0 Å². The van der Waals surface area contributed by atoms with E-state index in [4.69, 9.17) is 4.74 Å². The summed E-state index contributed by atoms with van der Waals surface area (Å²) in [6.07, 6.45) is 6.05. The Balaban J connectivity index is 1.47. The Morgan fingerprint density at radius 2 is 2.00 bits per heavy atom. The van der Waals surface area contributed by atoms with Crippen molar-refractivity contribution in [2.24, 2.45) is 0 Å². The van der Waals surface area contributed by atoms with Crippen LogP contribution in [0.5, 0.6) is 5.75 Å². The number of pyridine rings is 1. The average Bonchev–Trinajstić information content (AvgIpc) is 2.93. The van der Waals surface area contributed by atoms with Gasteiger partial charge in [0, 0.05) is 51.5 Å². The summed E-state index contributed by atoms with van der Waals surface area (Å²) in [5, 5.41) is 0. The fourth-order valence-electron chi connectivity index (χ4n) is 3.37. The molecule has 138 valence electrons. The van der Waals surface area contributed by atoms with Crippen LogP contribution in [-0.2, 0) is 17.8 Å². The molecule has 5 heteroatoms. The smallest absolute Gasteiger partial charge is 0.222 e. The lowest BCUT2D eigenvalue weighted by atomic mass is 10.1. The van der Waals surface area contributed by atoms with Crippen LogP contribution < -0.4 is 4.74 Å². The highest BCUT2D eigenvalue weighted by atomic mass is 16.5. The number of hydrogen-bond acceptors (Lipinski definition) is 4. The van der Waals surface area contributed by atoms with E-state index in [2.05, 4.69) is 16.0 Å². The highest BCUT2D eigenvalue weighted by molar-refractivity contribution is 5.76. The van der Waals surface area contributed by atoms with Crippen LogP contribution in [0.1, 0.15) is 24.0 Å². The SMILES string of the molecule is COc1cccc(CCC(=O)N2CCCN(Cc3cccnc3)CC2)c1. The highest BCUT2D eigenvalue weighted by Gasteiger charge is 2.19. The van der Waals surface area contributed by atoms with Crippen molar-refractivity contribution in [2.75, 3.05) is 33.3 Å². The summed E-state index contributed by atoms with van der Waals surface area (Å²) < 4.78 is 5.25. The number of amides is 1. The molecule has 2 aromatic rings. The molecule has 1 aromatic carbocycles. The first kappa shape index (κ1) is 18.4. The zero-order valence-corrected chi connectivity index (χ0v) is 15.4. The fraction of sp³-hybridized carbons (Fsp3) is 0.429. The number of aryl methyl sites for hydroxylation is 1. The van der Waals surface area contributed by atoms with E-state index in [1.54, 1.807) is 13.3 Å². The molecule has 1 aliphatic heterocycles. The van der Waals surface area contributed by atoms with Crippen molar-refractivity contribution in [1.29, 1.82) is 0 Å². The normalized spacial score (nSPS) is 15.5. The molecule has 0 unspecified atom stereocenters. The first-order chi connectivity index (χ1) is 12.7. The van der Waals surface area contributed by atoms with Gasteiger partial charge >= 0.3 is 0 Å². The number of ether oxygens (including phenoxy) is 1. The number of aromatic nitrogens is 1. The molecule has 0 N–H and O–H groups in total. The summed E-state index contributed by atoms with van der Waals surface area (Å²) in [4.78, 5) is 21.2. The van der Waals surface area contributed by atoms with Crippen molar-refractivity contribution >= 4 is 5.91 Å². The lowest BCUT2D eigenvalue weighted by Crippen LogP contribution is -2.35. The standard InChI is InChI=1S/C21H27N3O2/c1-26-20-7-2-5-18(15-20)8-9-21(25)24-12-4-11-23(13-14-24)17-19-6-3-10-22-16-19/h2-3,5-7,10,15-16H,4,8-9,11-14,17H2,1H3. The molecule has 0 saturated carbocycles. The van der Waals surface area contributed by atoms with Gasteiger partial charge < -0.3 is 9.64 Å². The maximum atomic E-state index is 12.6. The number of nitrogens with zero attached hydrogens (tertiary/aromatic N) is 3. The first-order valence-electron chi connectivity index (χ1n) is 9.26. The Morgan fingerprint density at radius 3 is 2.81 bits per heavy atom. The molecule has 1 fully saturated rings. The molecular weight excluding hydrogens is 326 g/mol. The second kappa shape index (κ2) is 9.34. The molecule has 26 heavy (non-hydrogen) atoms. The van der Waals surface area contributed by atoms with Gasteiger partial charge in [0.05, 0.1) is 7.11 Å². The van der Waals surface area contributed by atoms with E-state index in [-0.39, 0.29) is 5.91 Å². The van der Waals surface area contributed by atoms with Crippen LogP contribution in [0.25, 0.3) is 0 Å². The van der Waals surface area contributed by atoms with Gasteiger partial charge in [-0.05, 0) is 42.2 Å². The van der Waals surface area contributed by atoms with E-state index in [0.717, 1.165) is 56.9 Å². The maximum Gasteiger partial charge on any atom is 0.222 e. The summed E-state index contributed by atoms with van der Waals surface area (Å²) >= 11 is 0. The zero-order chi connectivity index (χ0) is 18.2. The molecule has 1 amide bonds. The molecule has 1 saturated heterocycles. The fourth-order valence-corrected chi connectivity index (χ4v) is 3.37. The second-order valence-electron chi connectivity index (χ2n) is 6.72. The molecule has 5 nitrogen and oxygen atoms in total. The Bertz CT molecular complexity index is 705. The number of benzene rings is 1. The van der Waals surface area contributed by atoms with E-state index in [0.29, 0.717) is 6.42 Å². The first-order valence-corrected chi connectivity index (χ1v) is 9.26. The maximum absolute atomic E-state index is 12.6. The van der Waals surface area contributed by atoms with Crippen LogP contribution in [0, 0.1) is 0 Å². The van der Waals surface area contributed by atoms with Crippen molar-refractivity contribution < 1.29 is 9.53 Å². The third-order valence-corrected chi connectivity index (χ3v) is 4.83. The van der Waals surface area contributed by atoms with Gasteiger partial charge in [0.1, 0.15) is 5.75 Å². The van der Waals surface area contributed by atoms with E-state index in [1.807, 2.05) is 41.4 Å². The molecule has 1 aliphatic rings. The summed E-state index contributed by atoms with van der Waals surface area (Å²) in [6.45, 7) is 4.49. The van der Waals surface area contributed by atoms with E-state index in [1.165, 1.54) is 5.56 Å². The molecular formula is C21H27N3O2. The minimum atomic E-state index is 0.246. The van der Waals surface area contributed by atoms with Crippen LogP contribution in [-0.4, -0.2) is 54.0 Å². The molecule has 0 radical (unpaired) electrons. The van der Waals surface area contributed by atoms with Crippen LogP contribution in [0.15, 0.2) is 48.8 Å². The predicted octanol–water partition coefficient (Wildman–Crippen LogP) is 2.76. The average molecular weight is 353 g/mol. The van der Waals surface area contributed by atoms with Crippen LogP contribution in [0.2, 0.25) is 0 Å². The van der Waals surface area contributed by atoms with Crippen molar-refractivity contribution in [1.82, 2.24) is 14.8 Å². The molecule has 0 aliphatic carbocycles. The van der Waals surface area contributed by atoms with E-state index < -0.39 is 0 Å². The van der Waals surface area contributed by atoms with Gasteiger partial charge in [0.15, 0.2) is 0 Å². The molecule has 2 heterocycles. The van der Waals surface area contributed by atoms with Crippen molar-refractivity contribution in [2.45, 2.75) is 25.8 Å². The minimum absolute atomic E-state index is 0.246. The minimum Gasteiger partial charge on any atom is -0.497 e. The largest absolute Gasteiger partial charge is 0.497 e. The van der Waals surface area contributed by atoms with Crippen LogP contribution in [0.4, 0.5) is 0 Å². The summed E-state index contributed by atoms with van der Waals surface area (Å²) in [6, 6.07) is 12.0. The Kier molecular flexibility index (Phi) is 6.61. The van der Waals surface area contributed by atoms with E-state index >= 15 is 0 Å². The molecule has 0 spiro atoms. The predicted molar refractivity (Wildman–Crippen MR) is 102 cm³/mol. The zero-order valence-electron chi connectivity index (χ0n) is 15.4. The quantitative estimate of drug-likeness (QED) is 0.801. The van der Waals surface area contributed by atoms with E-state index in [9.17, 15) is 4.79 Å². The summed E-state index contributed by atoms with van der Waals surface area (Å²) in [5.74, 6) is 1.09. The number of carbonyl (C=O) groups excluding carboxylic acids is 1. The Hall–Kier alpha value is -2.40. The van der Waals surface area contributed by atoms with Crippen molar-refractivity contribution in [3.63, 3.8) is 0 Å². The van der Waals surface area contributed by atoms with Crippen molar-refractivity contribution in [3.8, 4) is 5.75 Å². The third kappa shape index (κ3) is 5.30.